The van der Waals surface area contributed by atoms with Crippen LogP contribution in [0.3, 0.4) is 0 Å². The van der Waals surface area contributed by atoms with Crippen LogP contribution in [0.25, 0.3) is 10.1 Å². The van der Waals surface area contributed by atoms with Gasteiger partial charge in [-0.05, 0) is 59.8 Å². The Morgan fingerprint density at radius 1 is 1.13 bits per heavy atom. The standard InChI is InChI=1S/C22H17ClN2O3S2/c1-14-18(23)3-2-4-21(14)30(27,28)17-7-5-15(6-8-17)12-25-22(26)19-11-16-9-10-24-13-20(16)29-19/h2-11,13H,12H2,1H3,(H,25,26). The lowest BCUT2D eigenvalue weighted by molar-refractivity contribution is 0.0955. The van der Waals surface area contributed by atoms with Crippen molar-refractivity contribution < 1.29 is 13.2 Å². The molecule has 2 aromatic heterocycles. The van der Waals surface area contributed by atoms with Crippen LogP contribution < -0.4 is 5.32 Å². The Bertz CT molecular complexity index is 1310. The topological polar surface area (TPSA) is 76.1 Å². The van der Waals surface area contributed by atoms with E-state index < -0.39 is 9.84 Å². The fraction of sp³-hybridized carbons (Fsp3) is 0.0909. The van der Waals surface area contributed by atoms with Crippen molar-refractivity contribution in [3.63, 3.8) is 0 Å². The van der Waals surface area contributed by atoms with Crippen molar-refractivity contribution in [3.8, 4) is 0 Å². The molecule has 0 aliphatic carbocycles. The van der Waals surface area contributed by atoms with Gasteiger partial charge in [0.05, 0.1) is 19.4 Å². The average Bonchev–Trinajstić information content (AvgIpc) is 3.18. The Hall–Kier alpha value is -2.74. The second-order valence-corrected chi connectivity index (χ2v) is 10.1. The summed E-state index contributed by atoms with van der Waals surface area (Å²) in [6.07, 6.45) is 3.43. The number of aromatic nitrogens is 1. The smallest absolute Gasteiger partial charge is 0.261 e. The van der Waals surface area contributed by atoms with Gasteiger partial charge in [0.2, 0.25) is 9.84 Å². The van der Waals surface area contributed by atoms with Crippen LogP contribution in [0.2, 0.25) is 5.02 Å². The maximum Gasteiger partial charge on any atom is 0.261 e. The molecule has 0 aliphatic rings. The molecule has 152 valence electrons. The fourth-order valence-corrected chi connectivity index (χ4v) is 5.75. The van der Waals surface area contributed by atoms with Crippen molar-refractivity contribution in [2.45, 2.75) is 23.3 Å². The second kappa shape index (κ2) is 8.18. The first-order valence-electron chi connectivity index (χ1n) is 9.07. The molecule has 0 saturated carbocycles. The van der Waals surface area contributed by atoms with Gasteiger partial charge in [-0.2, -0.15) is 0 Å². The molecule has 1 N–H and O–H groups in total. The zero-order chi connectivity index (χ0) is 21.3. The number of benzene rings is 2. The molecule has 0 saturated heterocycles. The first kappa shape index (κ1) is 20.5. The van der Waals surface area contributed by atoms with Gasteiger partial charge in [0, 0.05) is 24.0 Å². The van der Waals surface area contributed by atoms with E-state index in [9.17, 15) is 13.2 Å². The molecule has 0 radical (unpaired) electrons. The van der Waals surface area contributed by atoms with Gasteiger partial charge in [0.1, 0.15) is 0 Å². The molecule has 5 nitrogen and oxygen atoms in total. The summed E-state index contributed by atoms with van der Waals surface area (Å²) in [4.78, 5) is 17.5. The van der Waals surface area contributed by atoms with Crippen molar-refractivity contribution in [1.29, 1.82) is 0 Å². The van der Waals surface area contributed by atoms with E-state index in [0.717, 1.165) is 15.6 Å². The number of carbonyl (C=O) groups is 1. The van der Waals surface area contributed by atoms with Gasteiger partial charge in [0.25, 0.3) is 5.91 Å². The zero-order valence-corrected chi connectivity index (χ0v) is 18.3. The van der Waals surface area contributed by atoms with Gasteiger partial charge in [-0.25, -0.2) is 8.42 Å². The van der Waals surface area contributed by atoms with Crippen LogP contribution >= 0.6 is 22.9 Å². The minimum absolute atomic E-state index is 0.178. The summed E-state index contributed by atoms with van der Waals surface area (Å²) in [7, 11) is -3.67. The largest absolute Gasteiger partial charge is 0.347 e. The van der Waals surface area contributed by atoms with E-state index in [2.05, 4.69) is 10.3 Å². The number of amides is 1. The van der Waals surface area contributed by atoms with Gasteiger partial charge in [-0.3, -0.25) is 9.78 Å². The molecular weight excluding hydrogens is 440 g/mol. The first-order chi connectivity index (χ1) is 14.4. The van der Waals surface area contributed by atoms with Gasteiger partial charge in [-0.1, -0.05) is 29.8 Å². The van der Waals surface area contributed by atoms with Gasteiger partial charge in [0.15, 0.2) is 0 Å². The van der Waals surface area contributed by atoms with Crippen molar-refractivity contribution in [1.82, 2.24) is 10.3 Å². The molecule has 4 aromatic rings. The Labute approximate surface area is 183 Å². The van der Waals surface area contributed by atoms with Gasteiger partial charge < -0.3 is 5.32 Å². The lowest BCUT2D eigenvalue weighted by atomic mass is 10.2. The Kier molecular flexibility index (Phi) is 5.60. The first-order valence-corrected chi connectivity index (χ1v) is 11.7. The van der Waals surface area contributed by atoms with Crippen LogP contribution in [0.1, 0.15) is 20.8 Å². The number of nitrogens with one attached hydrogen (secondary N) is 1. The van der Waals surface area contributed by atoms with E-state index in [0.29, 0.717) is 22.0 Å². The van der Waals surface area contributed by atoms with E-state index in [4.69, 9.17) is 11.6 Å². The predicted octanol–water partition coefficient (Wildman–Crippen LogP) is 5.02. The highest BCUT2D eigenvalue weighted by Gasteiger charge is 2.21. The summed E-state index contributed by atoms with van der Waals surface area (Å²) in [5, 5.41) is 4.25. The Morgan fingerprint density at radius 3 is 2.63 bits per heavy atom. The van der Waals surface area contributed by atoms with Crippen molar-refractivity contribution >= 4 is 48.8 Å². The third-order valence-corrected chi connectivity index (χ3v) is 8.15. The number of sulfone groups is 1. The van der Waals surface area contributed by atoms with Crippen molar-refractivity contribution in [3.05, 3.63) is 88.0 Å². The third kappa shape index (κ3) is 3.96. The normalized spacial score (nSPS) is 11.5. The van der Waals surface area contributed by atoms with E-state index in [-0.39, 0.29) is 15.7 Å². The highest BCUT2D eigenvalue weighted by molar-refractivity contribution is 7.91. The molecule has 0 spiro atoms. The molecule has 8 heteroatoms. The summed E-state index contributed by atoms with van der Waals surface area (Å²) in [6, 6.07) is 15.0. The van der Waals surface area contributed by atoms with Crippen LogP contribution in [-0.4, -0.2) is 19.3 Å². The molecule has 2 aromatic carbocycles. The number of fused-ring (bicyclic) bond motifs is 1. The maximum absolute atomic E-state index is 12.9. The van der Waals surface area contributed by atoms with E-state index >= 15 is 0 Å². The van der Waals surface area contributed by atoms with E-state index in [1.807, 2.05) is 12.1 Å². The Morgan fingerprint density at radius 2 is 1.90 bits per heavy atom. The zero-order valence-electron chi connectivity index (χ0n) is 15.9. The minimum atomic E-state index is -3.67. The summed E-state index contributed by atoms with van der Waals surface area (Å²) >= 11 is 7.45. The number of carbonyl (C=O) groups excluding carboxylic acids is 1. The monoisotopic (exact) mass is 456 g/mol. The summed E-state index contributed by atoms with van der Waals surface area (Å²) in [5.41, 5.74) is 1.32. The number of halogens is 1. The fourth-order valence-electron chi connectivity index (χ4n) is 3.06. The quantitative estimate of drug-likeness (QED) is 0.457. The number of thiophene rings is 1. The molecule has 0 unspecified atom stereocenters. The van der Waals surface area contributed by atoms with Crippen LogP contribution in [0.5, 0.6) is 0 Å². The summed E-state index contributed by atoms with van der Waals surface area (Å²) in [6.45, 7) is 1.98. The van der Waals surface area contributed by atoms with Crippen LogP contribution in [0.4, 0.5) is 0 Å². The van der Waals surface area contributed by atoms with Crippen molar-refractivity contribution in [2.24, 2.45) is 0 Å². The molecule has 1 amide bonds. The van der Waals surface area contributed by atoms with Gasteiger partial charge in [-0.15, -0.1) is 11.3 Å². The molecule has 0 fully saturated rings. The number of hydrogen-bond acceptors (Lipinski definition) is 5. The molecule has 2 heterocycles. The lowest BCUT2D eigenvalue weighted by Crippen LogP contribution is -2.21. The molecule has 0 atom stereocenters. The van der Waals surface area contributed by atoms with Crippen LogP contribution in [-0.2, 0) is 16.4 Å². The Balaban J connectivity index is 1.48. The SMILES string of the molecule is Cc1c(Cl)cccc1S(=O)(=O)c1ccc(CNC(=O)c2cc3ccncc3s2)cc1. The molecule has 4 rings (SSSR count). The molecule has 0 aliphatic heterocycles. The predicted molar refractivity (Wildman–Crippen MR) is 119 cm³/mol. The second-order valence-electron chi connectivity index (χ2n) is 6.72. The maximum atomic E-state index is 12.9. The highest BCUT2D eigenvalue weighted by Crippen LogP contribution is 2.28. The lowest BCUT2D eigenvalue weighted by Gasteiger charge is -2.10. The molecular formula is C22H17ClN2O3S2. The van der Waals surface area contributed by atoms with Crippen LogP contribution in [0.15, 0.2) is 76.8 Å². The van der Waals surface area contributed by atoms with E-state index in [1.165, 1.54) is 11.3 Å². The van der Waals surface area contributed by atoms with Gasteiger partial charge >= 0.3 is 0 Å². The third-order valence-electron chi connectivity index (χ3n) is 4.74. The summed E-state index contributed by atoms with van der Waals surface area (Å²) < 4.78 is 26.8. The minimum Gasteiger partial charge on any atom is -0.347 e. The number of nitrogens with zero attached hydrogens (tertiary/aromatic N) is 1. The molecule has 0 bridgehead atoms. The van der Waals surface area contributed by atoms with E-state index in [1.54, 1.807) is 61.8 Å². The van der Waals surface area contributed by atoms with Crippen LogP contribution in [0, 0.1) is 6.92 Å². The molecule has 30 heavy (non-hydrogen) atoms. The number of hydrogen-bond donors (Lipinski definition) is 1. The number of rotatable bonds is 5. The highest BCUT2D eigenvalue weighted by atomic mass is 35.5. The number of pyridine rings is 1. The van der Waals surface area contributed by atoms with Crippen molar-refractivity contribution in [2.75, 3.05) is 0 Å². The summed E-state index contributed by atoms with van der Waals surface area (Å²) in [5.74, 6) is -0.178. The average molecular weight is 457 g/mol.